The van der Waals surface area contributed by atoms with E-state index in [1.165, 1.54) is 6.42 Å². The molecule has 1 saturated carbocycles. The highest BCUT2D eigenvalue weighted by Gasteiger charge is 2.19. The number of benzene rings is 2. The average Bonchev–Trinajstić information content (AvgIpc) is 2.65. The summed E-state index contributed by atoms with van der Waals surface area (Å²) in [5.41, 5.74) is 2.64. The second-order valence-corrected chi connectivity index (χ2v) is 7.63. The highest BCUT2D eigenvalue weighted by atomic mass is 79.9. The first-order chi connectivity index (χ1) is 12.5. The van der Waals surface area contributed by atoms with Crippen LogP contribution in [0, 0.1) is 6.92 Å². The molecule has 2 amide bonds. The summed E-state index contributed by atoms with van der Waals surface area (Å²) in [6.45, 7) is 1.97. The van der Waals surface area contributed by atoms with Crippen LogP contribution in [0.4, 0.5) is 5.69 Å². The topological polar surface area (TPSA) is 58.2 Å². The van der Waals surface area contributed by atoms with Gasteiger partial charge in [0.15, 0.2) is 0 Å². The van der Waals surface area contributed by atoms with Gasteiger partial charge < -0.3 is 10.6 Å². The Bertz CT molecular complexity index is 813. The van der Waals surface area contributed by atoms with Gasteiger partial charge in [0.1, 0.15) is 0 Å². The van der Waals surface area contributed by atoms with Crippen molar-refractivity contribution < 1.29 is 9.59 Å². The molecular weight excluding hydrogens is 392 g/mol. The normalized spacial score (nSPS) is 14.7. The van der Waals surface area contributed by atoms with Crippen molar-refractivity contribution in [2.75, 3.05) is 5.32 Å². The summed E-state index contributed by atoms with van der Waals surface area (Å²) in [4.78, 5) is 25.3. The van der Waals surface area contributed by atoms with E-state index in [4.69, 9.17) is 0 Å². The highest BCUT2D eigenvalue weighted by molar-refractivity contribution is 9.10. The molecule has 5 heteroatoms. The molecule has 3 rings (SSSR count). The molecule has 0 radical (unpaired) electrons. The summed E-state index contributed by atoms with van der Waals surface area (Å²) in [5.74, 6) is -0.360. The van der Waals surface area contributed by atoms with E-state index >= 15 is 0 Å². The van der Waals surface area contributed by atoms with Crippen LogP contribution in [-0.4, -0.2) is 17.9 Å². The van der Waals surface area contributed by atoms with E-state index < -0.39 is 0 Å². The zero-order valence-corrected chi connectivity index (χ0v) is 16.4. The first-order valence-electron chi connectivity index (χ1n) is 9.02. The molecule has 2 aromatic rings. The van der Waals surface area contributed by atoms with Gasteiger partial charge in [0.05, 0.1) is 11.3 Å². The number of anilines is 1. The summed E-state index contributed by atoms with van der Waals surface area (Å²) in [7, 11) is 0. The third-order valence-electron chi connectivity index (χ3n) is 4.79. The molecule has 2 aromatic carbocycles. The lowest BCUT2D eigenvalue weighted by molar-refractivity contribution is 0.0928. The minimum absolute atomic E-state index is 0.127. The Morgan fingerprint density at radius 3 is 2.46 bits per heavy atom. The van der Waals surface area contributed by atoms with E-state index in [0.29, 0.717) is 16.8 Å². The number of rotatable bonds is 4. The van der Waals surface area contributed by atoms with Crippen molar-refractivity contribution in [2.24, 2.45) is 0 Å². The molecule has 0 unspecified atom stereocenters. The predicted octanol–water partition coefficient (Wildman–Crippen LogP) is 5.07. The number of halogens is 1. The lowest BCUT2D eigenvalue weighted by Gasteiger charge is -2.23. The molecule has 2 N–H and O–H groups in total. The zero-order valence-electron chi connectivity index (χ0n) is 14.8. The average molecular weight is 415 g/mol. The van der Waals surface area contributed by atoms with Gasteiger partial charge in [-0.15, -0.1) is 0 Å². The Hall–Kier alpha value is -2.14. The number of para-hydroxylation sites is 1. The van der Waals surface area contributed by atoms with Crippen molar-refractivity contribution in [3.05, 3.63) is 63.6 Å². The van der Waals surface area contributed by atoms with Crippen molar-refractivity contribution >= 4 is 33.4 Å². The lowest BCUT2D eigenvalue weighted by Crippen LogP contribution is -2.36. The molecule has 0 aromatic heterocycles. The van der Waals surface area contributed by atoms with E-state index in [9.17, 15) is 9.59 Å². The maximum absolute atomic E-state index is 12.7. The number of nitrogens with one attached hydrogen (secondary N) is 2. The quantitative estimate of drug-likeness (QED) is 0.733. The van der Waals surface area contributed by atoms with Gasteiger partial charge in [0.2, 0.25) is 0 Å². The van der Waals surface area contributed by atoms with Crippen molar-refractivity contribution in [3.63, 3.8) is 0 Å². The van der Waals surface area contributed by atoms with Gasteiger partial charge in [0.25, 0.3) is 11.8 Å². The first kappa shape index (κ1) is 18.6. The van der Waals surface area contributed by atoms with Crippen molar-refractivity contribution in [2.45, 2.75) is 45.1 Å². The molecular formula is C21H23BrN2O2. The second kappa shape index (κ2) is 8.49. The van der Waals surface area contributed by atoms with Gasteiger partial charge >= 0.3 is 0 Å². The Morgan fingerprint density at radius 1 is 1.00 bits per heavy atom. The molecule has 136 valence electrons. The molecule has 0 aliphatic heterocycles. The number of hydrogen-bond acceptors (Lipinski definition) is 2. The third-order valence-corrected chi connectivity index (χ3v) is 5.65. The Morgan fingerprint density at radius 2 is 1.73 bits per heavy atom. The van der Waals surface area contributed by atoms with Gasteiger partial charge in [-0.3, -0.25) is 9.59 Å². The van der Waals surface area contributed by atoms with Crippen molar-refractivity contribution in [1.29, 1.82) is 0 Å². The lowest BCUT2D eigenvalue weighted by atomic mass is 9.95. The largest absolute Gasteiger partial charge is 0.349 e. The zero-order chi connectivity index (χ0) is 18.5. The molecule has 0 bridgehead atoms. The minimum atomic E-state index is -0.233. The summed E-state index contributed by atoms with van der Waals surface area (Å²) in [6, 6.07) is 12.8. The number of hydrogen-bond donors (Lipinski definition) is 2. The molecule has 0 spiro atoms. The molecule has 0 atom stereocenters. The van der Waals surface area contributed by atoms with Crippen LogP contribution >= 0.6 is 15.9 Å². The van der Waals surface area contributed by atoms with Crippen LogP contribution < -0.4 is 10.6 Å². The smallest absolute Gasteiger partial charge is 0.255 e. The third kappa shape index (κ3) is 4.52. The molecule has 4 nitrogen and oxygen atoms in total. The van der Waals surface area contributed by atoms with Crippen molar-refractivity contribution in [1.82, 2.24) is 5.32 Å². The summed E-state index contributed by atoms with van der Waals surface area (Å²) >= 11 is 3.45. The van der Waals surface area contributed by atoms with E-state index in [1.807, 2.05) is 25.1 Å². The molecule has 26 heavy (non-hydrogen) atoms. The number of amides is 2. The fourth-order valence-electron chi connectivity index (χ4n) is 3.23. The van der Waals surface area contributed by atoms with E-state index in [1.54, 1.807) is 24.3 Å². The fourth-order valence-corrected chi connectivity index (χ4v) is 3.61. The fraction of sp³-hybridized carbons (Fsp3) is 0.333. The van der Waals surface area contributed by atoms with Crippen LogP contribution in [0.15, 0.2) is 46.9 Å². The molecule has 1 aliphatic carbocycles. The second-order valence-electron chi connectivity index (χ2n) is 6.77. The van der Waals surface area contributed by atoms with E-state index in [2.05, 4.69) is 26.6 Å². The molecule has 0 saturated heterocycles. The standard InChI is InChI=1S/C21H23BrN2O2/c1-14-11-12-15(13-18(14)22)20(25)24-19-10-6-5-9-17(19)21(26)23-16-7-3-2-4-8-16/h5-6,9-13,16H,2-4,7-8H2,1H3,(H,23,26)(H,24,25). The number of carbonyl (C=O) groups is 2. The Kier molecular flexibility index (Phi) is 6.09. The van der Waals surface area contributed by atoms with Crippen LogP contribution in [0.1, 0.15) is 58.4 Å². The van der Waals surface area contributed by atoms with E-state index in [-0.39, 0.29) is 17.9 Å². The van der Waals surface area contributed by atoms with Crippen LogP contribution in [0.2, 0.25) is 0 Å². The van der Waals surface area contributed by atoms with Crippen LogP contribution in [-0.2, 0) is 0 Å². The maximum atomic E-state index is 12.7. The number of aryl methyl sites for hydroxylation is 1. The van der Waals surface area contributed by atoms with Gasteiger partial charge in [-0.1, -0.05) is 53.4 Å². The minimum Gasteiger partial charge on any atom is -0.349 e. The van der Waals surface area contributed by atoms with Gasteiger partial charge in [-0.05, 0) is 49.6 Å². The Balaban J connectivity index is 1.74. The van der Waals surface area contributed by atoms with Crippen molar-refractivity contribution in [3.8, 4) is 0 Å². The number of carbonyl (C=O) groups excluding carboxylic acids is 2. The maximum Gasteiger partial charge on any atom is 0.255 e. The summed E-state index contributed by atoms with van der Waals surface area (Å²) < 4.78 is 0.883. The van der Waals surface area contributed by atoms with Crippen LogP contribution in [0.5, 0.6) is 0 Å². The predicted molar refractivity (Wildman–Crippen MR) is 108 cm³/mol. The van der Waals surface area contributed by atoms with Crippen LogP contribution in [0.25, 0.3) is 0 Å². The molecule has 1 fully saturated rings. The van der Waals surface area contributed by atoms with E-state index in [0.717, 1.165) is 35.7 Å². The van der Waals surface area contributed by atoms with Gasteiger partial charge in [-0.25, -0.2) is 0 Å². The molecule has 1 aliphatic rings. The first-order valence-corrected chi connectivity index (χ1v) is 9.81. The van der Waals surface area contributed by atoms with Gasteiger partial charge in [0, 0.05) is 16.1 Å². The van der Waals surface area contributed by atoms with Crippen LogP contribution in [0.3, 0.4) is 0 Å². The molecule has 0 heterocycles. The highest BCUT2D eigenvalue weighted by Crippen LogP contribution is 2.22. The SMILES string of the molecule is Cc1ccc(C(=O)Nc2ccccc2C(=O)NC2CCCCC2)cc1Br. The summed E-state index contributed by atoms with van der Waals surface area (Å²) in [5, 5.41) is 5.98. The Labute approximate surface area is 162 Å². The van der Waals surface area contributed by atoms with Gasteiger partial charge in [-0.2, -0.15) is 0 Å². The monoisotopic (exact) mass is 414 g/mol. The summed E-state index contributed by atoms with van der Waals surface area (Å²) in [6.07, 6.45) is 5.61.